The van der Waals surface area contributed by atoms with Gasteiger partial charge in [0.2, 0.25) is 0 Å². The molecule has 0 unspecified atom stereocenters. The summed E-state index contributed by atoms with van der Waals surface area (Å²) in [6.45, 7) is 5.01. The van der Waals surface area contributed by atoms with Gasteiger partial charge in [-0.25, -0.2) is 4.39 Å². The fourth-order valence-electron chi connectivity index (χ4n) is 4.13. The van der Waals surface area contributed by atoms with E-state index >= 15 is 0 Å². The van der Waals surface area contributed by atoms with Crippen LogP contribution in [0.25, 0.3) is 10.2 Å². The van der Waals surface area contributed by atoms with Crippen molar-refractivity contribution in [3.05, 3.63) is 76.5 Å². The Balaban J connectivity index is 1.32. The van der Waals surface area contributed by atoms with Gasteiger partial charge in [0.05, 0.1) is 22.8 Å². The Morgan fingerprint density at radius 3 is 2.53 bits per heavy atom. The molecule has 0 atom stereocenters. The molecule has 0 aliphatic carbocycles. The number of carbonyl (C=O) groups is 1. The van der Waals surface area contributed by atoms with Gasteiger partial charge in [-0.15, -0.1) is 11.3 Å². The highest BCUT2D eigenvalue weighted by Gasteiger charge is 2.25. The van der Waals surface area contributed by atoms with Crippen LogP contribution in [0.5, 0.6) is 5.75 Å². The highest BCUT2D eigenvalue weighted by atomic mass is 32.1. The average Bonchev–Trinajstić information content (AvgIpc) is 3.36. The fraction of sp³-hybridized carbons (Fsp3) is 0.250. The number of para-hydroxylation sites is 2. The quantitative estimate of drug-likeness (QED) is 0.505. The number of nitrogens with zero attached hydrogens (tertiary/aromatic N) is 4. The summed E-state index contributed by atoms with van der Waals surface area (Å²) >= 11 is 1.45. The number of rotatable bonds is 4. The molecule has 8 heteroatoms. The number of aromatic hydroxyl groups is 1. The average molecular weight is 451 g/mol. The van der Waals surface area contributed by atoms with E-state index in [0.717, 1.165) is 27.2 Å². The second kappa shape index (κ2) is 8.27. The van der Waals surface area contributed by atoms with Crippen molar-refractivity contribution in [1.29, 1.82) is 0 Å². The van der Waals surface area contributed by atoms with Crippen molar-refractivity contribution in [1.82, 2.24) is 14.7 Å². The third kappa shape index (κ3) is 3.82. The first-order valence-corrected chi connectivity index (χ1v) is 11.3. The van der Waals surface area contributed by atoms with Crippen LogP contribution < -0.4 is 4.90 Å². The summed E-state index contributed by atoms with van der Waals surface area (Å²) in [5, 5.41) is 15.7. The summed E-state index contributed by atoms with van der Waals surface area (Å²) in [6.07, 6.45) is 0. The van der Waals surface area contributed by atoms with Gasteiger partial charge in [0.25, 0.3) is 5.91 Å². The zero-order valence-electron chi connectivity index (χ0n) is 17.7. The normalized spacial score (nSPS) is 14.3. The zero-order valence-corrected chi connectivity index (χ0v) is 18.5. The van der Waals surface area contributed by atoms with Crippen LogP contribution in [-0.4, -0.2) is 51.9 Å². The molecule has 1 N–H and O–H groups in total. The van der Waals surface area contributed by atoms with Crippen molar-refractivity contribution in [2.75, 3.05) is 31.1 Å². The highest BCUT2D eigenvalue weighted by molar-refractivity contribution is 7.20. The fourth-order valence-corrected chi connectivity index (χ4v) is 5.25. The number of halogens is 1. The minimum Gasteiger partial charge on any atom is -0.506 e. The van der Waals surface area contributed by atoms with Crippen molar-refractivity contribution in [2.45, 2.75) is 13.5 Å². The Morgan fingerprint density at radius 2 is 1.81 bits per heavy atom. The third-order valence-electron chi connectivity index (χ3n) is 5.85. The van der Waals surface area contributed by atoms with E-state index < -0.39 is 0 Å². The van der Waals surface area contributed by atoms with E-state index in [9.17, 15) is 14.3 Å². The number of aryl methyl sites for hydroxylation is 1. The summed E-state index contributed by atoms with van der Waals surface area (Å²) in [7, 11) is 0. The van der Waals surface area contributed by atoms with E-state index in [1.807, 2.05) is 34.7 Å². The predicted octanol–water partition coefficient (Wildman–Crippen LogP) is 4.26. The predicted molar refractivity (Wildman–Crippen MR) is 124 cm³/mol. The van der Waals surface area contributed by atoms with E-state index in [4.69, 9.17) is 0 Å². The molecule has 6 nitrogen and oxygen atoms in total. The van der Waals surface area contributed by atoms with E-state index in [1.165, 1.54) is 23.5 Å². The number of carbonyl (C=O) groups excluding carboxylic acids is 1. The Kier molecular flexibility index (Phi) is 5.30. The topological polar surface area (TPSA) is 61.6 Å². The number of piperazine rings is 1. The van der Waals surface area contributed by atoms with Gasteiger partial charge in [0.1, 0.15) is 16.4 Å². The van der Waals surface area contributed by atoms with Crippen LogP contribution >= 0.6 is 11.3 Å². The molecular weight excluding hydrogens is 427 g/mol. The maximum atomic E-state index is 13.2. The van der Waals surface area contributed by atoms with Gasteiger partial charge in [-0.1, -0.05) is 24.3 Å². The van der Waals surface area contributed by atoms with Gasteiger partial charge in [0.15, 0.2) is 0 Å². The molecule has 2 aromatic heterocycles. The number of amides is 1. The van der Waals surface area contributed by atoms with Crippen molar-refractivity contribution < 1.29 is 14.3 Å². The summed E-state index contributed by atoms with van der Waals surface area (Å²) in [5.41, 5.74) is 2.64. The van der Waals surface area contributed by atoms with Crippen LogP contribution in [0.2, 0.25) is 0 Å². The van der Waals surface area contributed by atoms with Crippen molar-refractivity contribution in [3.63, 3.8) is 0 Å². The molecule has 0 saturated carbocycles. The van der Waals surface area contributed by atoms with Crippen LogP contribution in [0.3, 0.4) is 0 Å². The second-order valence-corrected chi connectivity index (χ2v) is 9.00. The summed E-state index contributed by atoms with van der Waals surface area (Å²) in [4.78, 5) is 18.8. The number of phenolic OH excluding ortho intramolecular Hbond substituents is 1. The minimum absolute atomic E-state index is 0.0239. The molecule has 1 aliphatic rings. The molecule has 0 radical (unpaired) electrons. The van der Waals surface area contributed by atoms with Gasteiger partial charge in [-0.05, 0) is 42.8 Å². The molecule has 4 aromatic rings. The molecule has 5 rings (SSSR count). The van der Waals surface area contributed by atoms with Gasteiger partial charge < -0.3 is 14.9 Å². The number of fused-ring (bicyclic) bond motifs is 1. The number of benzene rings is 2. The number of aromatic nitrogens is 2. The van der Waals surface area contributed by atoms with Crippen LogP contribution in [0, 0.1) is 12.7 Å². The molecular formula is C24H23FN4O2S. The lowest BCUT2D eigenvalue weighted by Crippen LogP contribution is -2.48. The molecule has 3 heterocycles. The lowest BCUT2D eigenvalue weighted by molar-refractivity contribution is 0.0751. The van der Waals surface area contributed by atoms with Crippen LogP contribution in [-0.2, 0) is 6.54 Å². The lowest BCUT2D eigenvalue weighted by Gasteiger charge is -2.36. The third-order valence-corrected chi connectivity index (χ3v) is 6.99. The van der Waals surface area contributed by atoms with Gasteiger partial charge >= 0.3 is 0 Å². The smallest absolute Gasteiger partial charge is 0.264 e. The Labute approximate surface area is 189 Å². The van der Waals surface area contributed by atoms with Crippen molar-refractivity contribution in [3.8, 4) is 5.75 Å². The van der Waals surface area contributed by atoms with Crippen molar-refractivity contribution >= 4 is 33.1 Å². The first-order chi connectivity index (χ1) is 15.5. The summed E-state index contributed by atoms with van der Waals surface area (Å²) < 4.78 is 15.1. The zero-order chi connectivity index (χ0) is 22.2. The van der Waals surface area contributed by atoms with Crippen LogP contribution in [0.4, 0.5) is 10.1 Å². The second-order valence-electron chi connectivity index (χ2n) is 7.97. The number of phenols is 1. The van der Waals surface area contributed by atoms with Crippen molar-refractivity contribution in [2.24, 2.45) is 0 Å². The monoisotopic (exact) mass is 450 g/mol. The molecule has 1 fully saturated rings. The molecule has 0 bridgehead atoms. The molecule has 0 spiro atoms. The van der Waals surface area contributed by atoms with Gasteiger partial charge in [0, 0.05) is 31.6 Å². The largest absolute Gasteiger partial charge is 0.506 e. The highest BCUT2D eigenvalue weighted by Crippen LogP contribution is 2.31. The van der Waals surface area contributed by atoms with E-state index in [0.29, 0.717) is 37.6 Å². The standard InChI is InChI=1S/C24H23FN4O2S/c1-16-19-14-22(32-24(19)29(26-16)15-17-6-8-18(25)9-7-17)23(31)28-12-10-27(11-13-28)20-4-2-3-5-21(20)30/h2-9,14,30H,10-13,15H2,1H3. The number of thiophene rings is 1. The maximum Gasteiger partial charge on any atom is 0.264 e. The Hall–Kier alpha value is -3.39. The van der Waals surface area contributed by atoms with E-state index in [2.05, 4.69) is 10.00 Å². The Bertz CT molecular complexity index is 1270. The Morgan fingerprint density at radius 1 is 1.09 bits per heavy atom. The lowest BCUT2D eigenvalue weighted by atomic mass is 10.2. The SMILES string of the molecule is Cc1nn(Cc2ccc(F)cc2)c2sc(C(=O)N3CCN(c4ccccc4O)CC3)cc12. The molecule has 164 valence electrons. The van der Waals surface area contributed by atoms with Gasteiger partial charge in [-0.3, -0.25) is 9.48 Å². The van der Waals surface area contributed by atoms with Crippen LogP contribution in [0.1, 0.15) is 20.9 Å². The number of anilines is 1. The van der Waals surface area contributed by atoms with E-state index in [1.54, 1.807) is 24.3 Å². The maximum absolute atomic E-state index is 13.2. The van der Waals surface area contributed by atoms with Gasteiger partial charge in [-0.2, -0.15) is 5.10 Å². The van der Waals surface area contributed by atoms with E-state index in [-0.39, 0.29) is 17.5 Å². The first-order valence-electron chi connectivity index (χ1n) is 10.5. The summed E-state index contributed by atoms with van der Waals surface area (Å²) in [5.74, 6) is 0.0240. The molecule has 32 heavy (non-hydrogen) atoms. The van der Waals surface area contributed by atoms with Crippen LogP contribution in [0.15, 0.2) is 54.6 Å². The summed E-state index contributed by atoms with van der Waals surface area (Å²) in [6, 6.07) is 15.6. The first kappa shape index (κ1) is 20.5. The number of hydrogen-bond donors (Lipinski definition) is 1. The molecule has 1 saturated heterocycles. The number of hydrogen-bond acceptors (Lipinski definition) is 5. The minimum atomic E-state index is -0.262. The molecule has 2 aromatic carbocycles. The molecule has 1 amide bonds. The molecule has 1 aliphatic heterocycles.